The molecule has 10 nitrogen and oxygen atoms in total. The molecule has 0 aliphatic rings. The second kappa shape index (κ2) is 38.5. The van der Waals surface area contributed by atoms with E-state index in [9.17, 15) is 19.2 Å². The molecule has 0 atom stereocenters. The van der Waals surface area contributed by atoms with Gasteiger partial charge in [0, 0.05) is 78.0 Å². The third-order valence-corrected chi connectivity index (χ3v) is 9.73. The number of rotatable bonds is 39. The first-order valence-electron chi connectivity index (χ1n) is 21.7. The summed E-state index contributed by atoms with van der Waals surface area (Å²) in [6.07, 6.45) is 29.6. The molecule has 0 rings (SSSR count). The molecule has 0 saturated heterocycles. The van der Waals surface area contributed by atoms with Crippen molar-refractivity contribution in [1.29, 1.82) is 0 Å². The minimum absolute atomic E-state index is 0.0529. The topological polar surface area (TPSA) is 123 Å². The van der Waals surface area contributed by atoms with Crippen LogP contribution in [0.15, 0.2) is 0 Å². The molecular formula is C42H84N6O4. The van der Waals surface area contributed by atoms with E-state index in [1.165, 1.54) is 116 Å². The lowest BCUT2D eigenvalue weighted by Crippen LogP contribution is -2.40. The summed E-state index contributed by atoms with van der Waals surface area (Å²) < 4.78 is 0. The van der Waals surface area contributed by atoms with Crippen molar-refractivity contribution in [2.45, 2.75) is 181 Å². The predicted molar refractivity (Wildman–Crippen MR) is 218 cm³/mol. The smallest absolute Gasteiger partial charge is 0.221 e. The Balaban J connectivity index is 3.92. The molecule has 0 heterocycles. The van der Waals surface area contributed by atoms with E-state index in [2.05, 4.69) is 44.9 Å². The molecule has 0 aliphatic carbocycles. The first kappa shape index (κ1) is 49.8. The average molecular weight is 737 g/mol. The quantitative estimate of drug-likeness (QED) is 0.0485. The highest BCUT2D eigenvalue weighted by atomic mass is 16.2. The minimum Gasteiger partial charge on any atom is -0.354 e. The maximum atomic E-state index is 12.5. The molecule has 52 heavy (non-hydrogen) atoms. The van der Waals surface area contributed by atoms with E-state index < -0.39 is 0 Å². The van der Waals surface area contributed by atoms with E-state index in [0.717, 1.165) is 38.8 Å². The Kier molecular flexibility index (Phi) is 36.9. The zero-order chi connectivity index (χ0) is 38.3. The van der Waals surface area contributed by atoms with Crippen LogP contribution in [0.2, 0.25) is 0 Å². The first-order chi connectivity index (χ1) is 25.3. The van der Waals surface area contributed by atoms with Gasteiger partial charge in [-0.2, -0.15) is 0 Å². The van der Waals surface area contributed by atoms with Gasteiger partial charge in [-0.1, -0.05) is 142 Å². The Hall–Kier alpha value is -2.20. The van der Waals surface area contributed by atoms with Crippen molar-refractivity contribution in [3.05, 3.63) is 0 Å². The molecule has 0 unspecified atom stereocenters. The van der Waals surface area contributed by atoms with Crippen LogP contribution in [0.3, 0.4) is 0 Å². The van der Waals surface area contributed by atoms with Gasteiger partial charge in [-0.25, -0.2) is 0 Å². The molecule has 0 fully saturated rings. The van der Waals surface area contributed by atoms with E-state index in [4.69, 9.17) is 0 Å². The normalized spacial score (nSPS) is 11.3. The molecule has 0 aromatic heterocycles. The SMILES string of the molecule is CCCCCCCCCCCCCC(=O)NCCNC(=O)CCN(CCC(=O)NCCNC(=O)CCCCCCCCCCCCC)CCN(C)C. The summed E-state index contributed by atoms with van der Waals surface area (Å²) in [6.45, 7) is 8.93. The van der Waals surface area contributed by atoms with E-state index in [1.807, 2.05) is 14.1 Å². The number of nitrogens with zero attached hydrogens (tertiary/aromatic N) is 2. The summed E-state index contributed by atoms with van der Waals surface area (Å²) in [5.74, 6) is 0.00575. The molecule has 4 amide bonds. The Morgan fingerprint density at radius 1 is 0.346 bits per heavy atom. The monoisotopic (exact) mass is 737 g/mol. The van der Waals surface area contributed by atoms with Crippen molar-refractivity contribution in [2.24, 2.45) is 0 Å². The fourth-order valence-electron chi connectivity index (χ4n) is 6.26. The third-order valence-electron chi connectivity index (χ3n) is 9.73. The molecule has 306 valence electrons. The van der Waals surface area contributed by atoms with Gasteiger partial charge in [0.15, 0.2) is 0 Å². The van der Waals surface area contributed by atoms with Crippen LogP contribution in [0.4, 0.5) is 0 Å². The zero-order valence-corrected chi connectivity index (χ0v) is 34.6. The summed E-state index contributed by atoms with van der Waals surface area (Å²) in [7, 11) is 4.02. The lowest BCUT2D eigenvalue weighted by Gasteiger charge is -2.23. The molecule has 0 aliphatic heterocycles. The number of carbonyl (C=O) groups is 4. The van der Waals surface area contributed by atoms with Crippen molar-refractivity contribution in [2.75, 3.05) is 66.5 Å². The number of unbranched alkanes of at least 4 members (excludes halogenated alkanes) is 20. The van der Waals surface area contributed by atoms with Crippen LogP contribution in [0.25, 0.3) is 0 Å². The van der Waals surface area contributed by atoms with Crippen LogP contribution < -0.4 is 21.3 Å². The standard InChI is InChI=1S/C42H84N6O4/c1-5-7-9-11-13-15-17-19-21-23-25-27-39(49)43-31-33-45-41(51)29-35-48(38-37-47(3)4)36-30-42(52)46-34-32-44-40(50)28-26-24-22-20-18-16-14-12-10-8-6-2/h5-38H2,1-4H3,(H,43,49)(H,44,50)(H,45,51)(H,46,52). The predicted octanol–water partition coefficient (Wildman–Crippen LogP) is 7.50. The van der Waals surface area contributed by atoms with Gasteiger partial charge in [0.2, 0.25) is 23.6 Å². The third kappa shape index (κ3) is 37.6. The van der Waals surface area contributed by atoms with Crippen molar-refractivity contribution in [3.8, 4) is 0 Å². The number of nitrogens with one attached hydrogen (secondary N) is 4. The van der Waals surface area contributed by atoms with Gasteiger partial charge in [0.25, 0.3) is 0 Å². The lowest BCUT2D eigenvalue weighted by atomic mass is 10.1. The van der Waals surface area contributed by atoms with Gasteiger partial charge in [0.1, 0.15) is 0 Å². The fourth-order valence-corrected chi connectivity index (χ4v) is 6.26. The number of amides is 4. The second-order valence-electron chi connectivity index (χ2n) is 15.1. The van der Waals surface area contributed by atoms with Crippen molar-refractivity contribution in [3.63, 3.8) is 0 Å². The average Bonchev–Trinajstić information content (AvgIpc) is 3.12. The fraction of sp³-hybridized carbons (Fsp3) is 0.905. The molecule has 0 saturated carbocycles. The van der Waals surface area contributed by atoms with E-state index in [0.29, 0.717) is 65.0 Å². The summed E-state index contributed by atoms with van der Waals surface area (Å²) in [4.78, 5) is 53.5. The Morgan fingerprint density at radius 2 is 0.615 bits per heavy atom. The number of carbonyl (C=O) groups excluding carboxylic acids is 4. The van der Waals surface area contributed by atoms with Crippen molar-refractivity contribution < 1.29 is 19.2 Å². The van der Waals surface area contributed by atoms with Crippen LogP contribution in [-0.4, -0.2) is 99.9 Å². The van der Waals surface area contributed by atoms with Crippen LogP contribution in [0, 0.1) is 0 Å². The van der Waals surface area contributed by atoms with Gasteiger partial charge < -0.3 is 31.1 Å². The van der Waals surface area contributed by atoms with Gasteiger partial charge in [0.05, 0.1) is 0 Å². The minimum atomic E-state index is -0.0529. The largest absolute Gasteiger partial charge is 0.354 e. The lowest BCUT2D eigenvalue weighted by molar-refractivity contribution is -0.123. The highest BCUT2D eigenvalue weighted by molar-refractivity contribution is 5.78. The molecule has 0 spiro atoms. The highest BCUT2D eigenvalue weighted by Gasteiger charge is 2.12. The molecule has 4 N–H and O–H groups in total. The molecule has 0 bridgehead atoms. The van der Waals surface area contributed by atoms with Gasteiger partial charge in [-0.05, 0) is 26.9 Å². The maximum absolute atomic E-state index is 12.5. The van der Waals surface area contributed by atoms with Crippen LogP contribution in [0.5, 0.6) is 0 Å². The number of hydrogen-bond acceptors (Lipinski definition) is 6. The molecular weight excluding hydrogens is 652 g/mol. The number of likely N-dealkylation sites (N-methyl/N-ethyl adjacent to an activating group) is 1. The van der Waals surface area contributed by atoms with Crippen LogP contribution in [-0.2, 0) is 19.2 Å². The van der Waals surface area contributed by atoms with E-state index >= 15 is 0 Å². The Bertz CT molecular complexity index is 794. The zero-order valence-electron chi connectivity index (χ0n) is 34.6. The van der Waals surface area contributed by atoms with E-state index in [-0.39, 0.29) is 23.6 Å². The van der Waals surface area contributed by atoms with Crippen LogP contribution in [0.1, 0.15) is 181 Å². The summed E-state index contributed by atoms with van der Waals surface area (Å²) in [5, 5.41) is 11.7. The summed E-state index contributed by atoms with van der Waals surface area (Å²) in [5.41, 5.74) is 0. The molecule has 0 aromatic carbocycles. The highest BCUT2D eigenvalue weighted by Crippen LogP contribution is 2.13. The first-order valence-corrected chi connectivity index (χ1v) is 21.7. The molecule has 10 heteroatoms. The van der Waals surface area contributed by atoms with Crippen molar-refractivity contribution >= 4 is 23.6 Å². The molecule has 0 aromatic rings. The maximum Gasteiger partial charge on any atom is 0.221 e. The van der Waals surface area contributed by atoms with Gasteiger partial charge in [-0.3, -0.25) is 19.2 Å². The van der Waals surface area contributed by atoms with Crippen molar-refractivity contribution in [1.82, 2.24) is 31.1 Å². The Labute approximate surface area is 320 Å². The Morgan fingerprint density at radius 3 is 0.904 bits per heavy atom. The second-order valence-corrected chi connectivity index (χ2v) is 15.1. The van der Waals surface area contributed by atoms with Gasteiger partial charge >= 0.3 is 0 Å². The number of hydrogen-bond donors (Lipinski definition) is 4. The van der Waals surface area contributed by atoms with E-state index in [1.54, 1.807) is 0 Å². The molecule has 0 radical (unpaired) electrons. The van der Waals surface area contributed by atoms with Crippen LogP contribution >= 0.6 is 0 Å². The van der Waals surface area contributed by atoms with Gasteiger partial charge in [-0.15, -0.1) is 0 Å². The summed E-state index contributed by atoms with van der Waals surface area (Å²) >= 11 is 0. The summed E-state index contributed by atoms with van der Waals surface area (Å²) in [6, 6.07) is 0.